The normalized spacial score (nSPS) is 13.9. The Balaban J connectivity index is 1.62. The van der Waals surface area contributed by atoms with E-state index < -0.39 is 0 Å². The summed E-state index contributed by atoms with van der Waals surface area (Å²) in [5.74, 6) is 1.12. The maximum atomic E-state index is 12.9. The molecule has 1 saturated heterocycles. The Kier molecular flexibility index (Phi) is 6.75. The Labute approximate surface area is 172 Å². The molecule has 6 heteroatoms. The van der Waals surface area contributed by atoms with Crippen molar-refractivity contribution in [2.75, 3.05) is 39.9 Å². The van der Waals surface area contributed by atoms with E-state index in [1.54, 1.807) is 30.2 Å². The van der Waals surface area contributed by atoms with Gasteiger partial charge in [0.15, 0.2) is 11.5 Å². The molecule has 3 rings (SSSR count). The van der Waals surface area contributed by atoms with E-state index >= 15 is 0 Å². The van der Waals surface area contributed by atoms with Gasteiger partial charge in [-0.2, -0.15) is 0 Å². The number of carbonyl (C=O) groups excluding carboxylic acids is 2. The van der Waals surface area contributed by atoms with Crippen LogP contribution in [-0.4, -0.2) is 61.5 Å². The third kappa shape index (κ3) is 4.70. The lowest BCUT2D eigenvalue weighted by Gasteiger charge is -2.35. The van der Waals surface area contributed by atoms with Crippen molar-refractivity contribution in [3.05, 3.63) is 59.2 Å². The first kappa shape index (κ1) is 20.7. The number of hydrogen-bond donors (Lipinski definition) is 0. The van der Waals surface area contributed by atoms with E-state index in [4.69, 9.17) is 9.47 Å². The maximum absolute atomic E-state index is 12.9. The van der Waals surface area contributed by atoms with Crippen LogP contribution in [0.3, 0.4) is 0 Å². The highest BCUT2D eigenvalue weighted by Crippen LogP contribution is 2.28. The molecule has 0 bridgehead atoms. The van der Waals surface area contributed by atoms with Gasteiger partial charge < -0.3 is 19.3 Å². The molecule has 0 atom stereocenters. The van der Waals surface area contributed by atoms with Crippen LogP contribution < -0.4 is 9.47 Å². The van der Waals surface area contributed by atoms with Crippen LogP contribution in [0.1, 0.15) is 40.1 Å². The number of methoxy groups -OCH3 is 1. The summed E-state index contributed by atoms with van der Waals surface area (Å²) in [7, 11) is 1.56. The fourth-order valence-corrected chi connectivity index (χ4v) is 3.44. The van der Waals surface area contributed by atoms with Gasteiger partial charge in [-0.3, -0.25) is 9.59 Å². The number of hydrogen-bond acceptors (Lipinski definition) is 4. The van der Waals surface area contributed by atoms with Crippen molar-refractivity contribution in [1.82, 2.24) is 9.80 Å². The summed E-state index contributed by atoms with van der Waals surface area (Å²) in [4.78, 5) is 29.2. The van der Waals surface area contributed by atoms with Crippen LogP contribution in [0.25, 0.3) is 0 Å². The van der Waals surface area contributed by atoms with E-state index in [1.165, 1.54) is 5.56 Å². The highest BCUT2D eigenvalue weighted by molar-refractivity contribution is 5.96. The second kappa shape index (κ2) is 9.45. The highest BCUT2D eigenvalue weighted by atomic mass is 16.5. The smallest absolute Gasteiger partial charge is 0.254 e. The Hall–Kier alpha value is -3.02. The largest absolute Gasteiger partial charge is 0.493 e. The third-order valence-corrected chi connectivity index (χ3v) is 5.17. The standard InChI is InChI=1S/C23H28N2O4/c1-4-17-6-8-18(9-7-17)22(26)24-12-14-25(15-13-24)23(27)19-10-11-20(29-5-2)21(16-19)28-3/h6-11,16H,4-5,12-15H2,1-3H3. The van der Waals surface area contributed by atoms with E-state index in [0.717, 1.165) is 6.42 Å². The monoisotopic (exact) mass is 396 g/mol. The van der Waals surface area contributed by atoms with Crippen molar-refractivity contribution < 1.29 is 19.1 Å². The van der Waals surface area contributed by atoms with E-state index in [9.17, 15) is 9.59 Å². The summed E-state index contributed by atoms with van der Waals surface area (Å²) >= 11 is 0. The minimum absolute atomic E-state index is 0.0162. The first-order valence-electron chi connectivity index (χ1n) is 10.1. The van der Waals surface area contributed by atoms with Gasteiger partial charge in [-0.25, -0.2) is 0 Å². The molecule has 0 saturated carbocycles. The molecule has 29 heavy (non-hydrogen) atoms. The van der Waals surface area contributed by atoms with Crippen molar-refractivity contribution in [1.29, 1.82) is 0 Å². The Morgan fingerprint density at radius 1 is 0.828 bits per heavy atom. The van der Waals surface area contributed by atoms with Gasteiger partial charge >= 0.3 is 0 Å². The quantitative estimate of drug-likeness (QED) is 0.752. The van der Waals surface area contributed by atoms with Crippen molar-refractivity contribution in [2.24, 2.45) is 0 Å². The van der Waals surface area contributed by atoms with E-state index in [0.29, 0.717) is 55.4 Å². The Morgan fingerprint density at radius 2 is 1.38 bits per heavy atom. The summed E-state index contributed by atoms with van der Waals surface area (Å²) in [6, 6.07) is 13.0. The average Bonchev–Trinajstić information content (AvgIpc) is 2.78. The predicted octanol–water partition coefficient (Wildman–Crippen LogP) is 3.25. The van der Waals surface area contributed by atoms with Gasteiger partial charge in [0.1, 0.15) is 0 Å². The van der Waals surface area contributed by atoms with Crippen LogP contribution >= 0.6 is 0 Å². The summed E-state index contributed by atoms with van der Waals surface area (Å²) in [5.41, 5.74) is 2.46. The van der Waals surface area contributed by atoms with Gasteiger partial charge in [-0.1, -0.05) is 19.1 Å². The molecule has 1 fully saturated rings. The lowest BCUT2D eigenvalue weighted by atomic mass is 10.1. The summed E-state index contributed by atoms with van der Waals surface area (Å²) in [6.45, 7) is 6.58. The Bertz CT molecular complexity index is 856. The molecule has 6 nitrogen and oxygen atoms in total. The SMILES string of the molecule is CCOc1ccc(C(=O)N2CCN(C(=O)c3ccc(CC)cc3)CC2)cc1OC. The van der Waals surface area contributed by atoms with Crippen molar-refractivity contribution in [3.8, 4) is 11.5 Å². The van der Waals surface area contributed by atoms with Gasteiger partial charge in [-0.05, 0) is 49.2 Å². The van der Waals surface area contributed by atoms with Crippen LogP contribution in [0.2, 0.25) is 0 Å². The first-order chi connectivity index (χ1) is 14.1. The minimum atomic E-state index is -0.0641. The number of amides is 2. The molecule has 154 valence electrons. The van der Waals surface area contributed by atoms with E-state index in [2.05, 4.69) is 6.92 Å². The zero-order chi connectivity index (χ0) is 20.8. The van der Waals surface area contributed by atoms with Crippen LogP contribution in [0.5, 0.6) is 11.5 Å². The molecule has 0 spiro atoms. The molecular formula is C23H28N2O4. The molecule has 0 aliphatic carbocycles. The van der Waals surface area contributed by atoms with Crippen molar-refractivity contribution in [2.45, 2.75) is 20.3 Å². The first-order valence-corrected chi connectivity index (χ1v) is 10.1. The molecule has 1 aliphatic rings. The third-order valence-electron chi connectivity index (χ3n) is 5.17. The van der Waals surface area contributed by atoms with Crippen LogP contribution in [0, 0.1) is 0 Å². The molecule has 0 unspecified atom stereocenters. The van der Waals surface area contributed by atoms with Crippen LogP contribution in [0.15, 0.2) is 42.5 Å². The topological polar surface area (TPSA) is 59.1 Å². The zero-order valence-electron chi connectivity index (χ0n) is 17.3. The fraction of sp³-hybridized carbons (Fsp3) is 0.391. The molecule has 2 aromatic rings. The van der Waals surface area contributed by atoms with Crippen molar-refractivity contribution in [3.63, 3.8) is 0 Å². The average molecular weight is 396 g/mol. The van der Waals surface area contributed by atoms with Crippen molar-refractivity contribution >= 4 is 11.8 Å². The lowest BCUT2D eigenvalue weighted by Crippen LogP contribution is -2.50. The number of piperazine rings is 1. The molecule has 0 N–H and O–H groups in total. The number of aryl methyl sites for hydroxylation is 1. The van der Waals surface area contributed by atoms with Crippen LogP contribution in [0.4, 0.5) is 0 Å². The summed E-state index contributed by atoms with van der Waals surface area (Å²) in [5, 5.41) is 0. The second-order valence-corrected chi connectivity index (χ2v) is 6.93. The molecule has 1 aliphatic heterocycles. The van der Waals surface area contributed by atoms with Crippen LogP contribution in [-0.2, 0) is 6.42 Å². The number of carbonyl (C=O) groups is 2. The number of benzene rings is 2. The Morgan fingerprint density at radius 3 is 1.90 bits per heavy atom. The molecular weight excluding hydrogens is 368 g/mol. The number of ether oxygens (including phenoxy) is 2. The molecule has 2 amide bonds. The predicted molar refractivity (Wildman–Crippen MR) is 112 cm³/mol. The summed E-state index contributed by atoms with van der Waals surface area (Å²) in [6.07, 6.45) is 0.950. The van der Waals surface area contributed by atoms with Gasteiger partial charge in [0.05, 0.1) is 13.7 Å². The van der Waals surface area contributed by atoms with E-state index in [1.807, 2.05) is 36.1 Å². The molecule has 0 radical (unpaired) electrons. The molecule has 0 aromatic heterocycles. The fourth-order valence-electron chi connectivity index (χ4n) is 3.44. The molecule has 2 aromatic carbocycles. The van der Waals surface area contributed by atoms with Gasteiger partial charge in [0, 0.05) is 37.3 Å². The van der Waals surface area contributed by atoms with Gasteiger partial charge in [0.25, 0.3) is 11.8 Å². The molecule has 1 heterocycles. The lowest BCUT2D eigenvalue weighted by molar-refractivity contribution is 0.0535. The highest BCUT2D eigenvalue weighted by Gasteiger charge is 2.26. The van der Waals surface area contributed by atoms with Gasteiger partial charge in [-0.15, -0.1) is 0 Å². The van der Waals surface area contributed by atoms with E-state index in [-0.39, 0.29) is 11.8 Å². The minimum Gasteiger partial charge on any atom is -0.493 e. The van der Waals surface area contributed by atoms with Gasteiger partial charge in [0.2, 0.25) is 0 Å². The number of rotatable bonds is 6. The summed E-state index contributed by atoms with van der Waals surface area (Å²) < 4.78 is 10.9. The second-order valence-electron chi connectivity index (χ2n) is 6.93. The maximum Gasteiger partial charge on any atom is 0.254 e. The zero-order valence-corrected chi connectivity index (χ0v) is 17.3. The number of nitrogens with zero attached hydrogens (tertiary/aromatic N) is 2.